The Morgan fingerprint density at radius 1 is 0.966 bits per heavy atom. The van der Waals surface area contributed by atoms with Crippen LogP contribution in [-0.2, 0) is 27.7 Å². The van der Waals surface area contributed by atoms with Crippen LogP contribution < -0.4 is 0 Å². The lowest BCUT2D eigenvalue weighted by molar-refractivity contribution is -0.140. The average Bonchev–Trinajstić information content (AvgIpc) is 2.78. The molecule has 3 aliphatic rings. The van der Waals surface area contributed by atoms with E-state index in [4.69, 9.17) is 0 Å². The van der Waals surface area contributed by atoms with Gasteiger partial charge in [-0.1, -0.05) is 13.0 Å². The van der Waals surface area contributed by atoms with Gasteiger partial charge in [0.2, 0.25) is 15.9 Å². The van der Waals surface area contributed by atoms with Gasteiger partial charge in [-0.15, -0.1) is 0 Å². The summed E-state index contributed by atoms with van der Waals surface area (Å²) in [5.74, 6) is 0.222. The second-order valence-corrected chi connectivity index (χ2v) is 10.8. The minimum absolute atomic E-state index is 0.0304. The molecule has 0 bridgehead atoms. The number of fused-ring (bicyclic) bond motifs is 1. The summed E-state index contributed by atoms with van der Waals surface area (Å²) in [5, 5.41) is 0. The zero-order valence-corrected chi connectivity index (χ0v) is 18.4. The number of benzene rings is 1. The predicted molar refractivity (Wildman–Crippen MR) is 114 cm³/mol. The Morgan fingerprint density at radius 2 is 1.69 bits per heavy atom. The van der Waals surface area contributed by atoms with Crippen molar-refractivity contribution in [2.24, 2.45) is 5.92 Å². The van der Waals surface area contributed by atoms with Crippen LogP contribution in [0.25, 0.3) is 0 Å². The number of carbonyl (C=O) groups excluding carboxylic acids is 1. The van der Waals surface area contributed by atoms with Gasteiger partial charge >= 0.3 is 0 Å². The van der Waals surface area contributed by atoms with Crippen LogP contribution in [0.5, 0.6) is 0 Å². The molecule has 1 unspecified atom stereocenters. The first-order chi connectivity index (χ1) is 14.0. The van der Waals surface area contributed by atoms with Crippen molar-refractivity contribution < 1.29 is 13.2 Å². The van der Waals surface area contributed by atoms with E-state index >= 15 is 0 Å². The molecule has 1 amide bonds. The first-order valence-electron chi connectivity index (χ1n) is 11.4. The summed E-state index contributed by atoms with van der Waals surface area (Å²) in [6.07, 6.45) is 10.0. The number of amides is 1. The Bertz CT molecular complexity index is 844. The number of nitrogens with zero attached hydrogens (tertiary/aromatic N) is 2. The summed E-state index contributed by atoms with van der Waals surface area (Å²) in [5.41, 5.74) is 2.49. The standard InChI is InChI=1S/C23H34N2O3S/c1-2-21-9-5-6-14-25(21)23(26)19-12-15-24(16-13-19)29(27,28)22-11-10-18-7-3-4-8-20(18)17-22/h10-11,17,19,21H,2-9,12-16H2,1H3. The van der Waals surface area contributed by atoms with Crippen LogP contribution in [0.15, 0.2) is 23.1 Å². The van der Waals surface area contributed by atoms with Gasteiger partial charge < -0.3 is 4.90 Å². The van der Waals surface area contributed by atoms with Crippen molar-refractivity contribution >= 4 is 15.9 Å². The molecule has 1 aliphatic carbocycles. The van der Waals surface area contributed by atoms with E-state index in [0.29, 0.717) is 36.9 Å². The largest absolute Gasteiger partial charge is 0.339 e. The van der Waals surface area contributed by atoms with E-state index in [2.05, 4.69) is 11.8 Å². The number of piperidine rings is 2. The Balaban J connectivity index is 1.41. The Kier molecular flexibility index (Phi) is 6.30. The highest BCUT2D eigenvalue weighted by Crippen LogP contribution is 2.30. The maximum absolute atomic E-state index is 13.2. The molecule has 2 fully saturated rings. The van der Waals surface area contributed by atoms with Gasteiger partial charge in [-0.3, -0.25) is 4.79 Å². The van der Waals surface area contributed by atoms with Crippen molar-refractivity contribution in [2.45, 2.75) is 82.1 Å². The molecule has 2 saturated heterocycles. The van der Waals surface area contributed by atoms with Gasteiger partial charge in [0, 0.05) is 31.6 Å². The van der Waals surface area contributed by atoms with Gasteiger partial charge in [0.05, 0.1) is 4.90 Å². The van der Waals surface area contributed by atoms with E-state index in [1.807, 2.05) is 12.1 Å². The van der Waals surface area contributed by atoms with Gasteiger partial charge in [-0.25, -0.2) is 8.42 Å². The molecule has 0 saturated carbocycles. The van der Waals surface area contributed by atoms with Crippen LogP contribution >= 0.6 is 0 Å². The van der Waals surface area contributed by atoms with Gasteiger partial charge in [0.25, 0.3) is 0 Å². The number of sulfonamides is 1. The molecular formula is C23H34N2O3S. The summed E-state index contributed by atoms with van der Waals surface area (Å²) in [6.45, 7) is 3.91. The quantitative estimate of drug-likeness (QED) is 0.748. The van der Waals surface area contributed by atoms with Gasteiger partial charge in [0.15, 0.2) is 0 Å². The third-order valence-electron chi connectivity index (χ3n) is 7.14. The second-order valence-electron chi connectivity index (χ2n) is 8.91. The van der Waals surface area contributed by atoms with Crippen molar-refractivity contribution in [3.63, 3.8) is 0 Å². The first-order valence-corrected chi connectivity index (χ1v) is 12.9. The third-order valence-corrected chi connectivity index (χ3v) is 9.04. The summed E-state index contributed by atoms with van der Waals surface area (Å²) < 4.78 is 28.0. The summed E-state index contributed by atoms with van der Waals surface area (Å²) in [7, 11) is -3.48. The van der Waals surface area contributed by atoms with Crippen molar-refractivity contribution in [1.29, 1.82) is 0 Å². The van der Waals surface area contributed by atoms with E-state index in [1.54, 1.807) is 10.4 Å². The normalized spacial score (nSPS) is 24.3. The van der Waals surface area contributed by atoms with Crippen molar-refractivity contribution in [2.75, 3.05) is 19.6 Å². The predicted octanol–water partition coefficient (Wildman–Crippen LogP) is 3.76. The lowest BCUT2D eigenvalue weighted by Gasteiger charge is -2.39. The summed E-state index contributed by atoms with van der Waals surface area (Å²) >= 11 is 0. The Labute approximate surface area is 175 Å². The number of carbonyl (C=O) groups is 1. The van der Waals surface area contributed by atoms with Crippen molar-refractivity contribution in [3.8, 4) is 0 Å². The minimum atomic E-state index is -3.48. The molecule has 2 heterocycles. The zero-order valence-electron chi connectivity index (χ0n) is 17.6. The smallest absolute Gasteiger partial charge is 0.243 e. The van der Waals surface area contributed by atoms with Crippen LogP contribution in [-0.4, -0.2) is 49.2 Å². The maximum Gasteiger partial charge on any atom is 0.243 e. The highest BCUT2D eigenvalue weighted by atomic mass is 32.2. The van der Waals surface area contributed by atoms with Crippen LogP contribution in [0.4, 0.5) is 0 Å². The van der Waals surface area contributed by atoms with E-state index in [9.17, 15) is 13.2 Å². The molecule has 29 heavy (non-hydrogen) atoms. The molecule has 1 aromatic rings. The maximum atomic E-state index is 13.2. The zero-order chi connectivity index (χ0) is 20.4. The van der Waals surface area contributed by atoms with E-state index < -0.39 is 10.0 Å². The molecule has 0 spiro atoms. The molecule has 4 rings (SSSR count). The topological polar surface area (TPSA) is 57.7 Å². The lowest BCUT2D eigenvalue weighted by Crippen LogP contribution is -2.49. The Hall–Kier alpha value is -1.40. The van der Waals surface area contributed by atoms with Crippen LogP contribution in [0, 0.1) is 5.92 Å². The van der Waals surface area contributed by atoms with E-state index in [1.165, 1.54) is 24.0 Å². The average molecular weight is 419 g/mol. The molecule has 5 nitrogen and oxygen atoms in total. The molecule has 0 radical (unpaired) electrons. The second kappa shape index (κ2) is 8.76. The lowest BCUT2D eigenvalue weighted by atomic mass is 9.92. The van der Waals surface area contributed by atoms with Crippen molar-refractivity contribution in [1.82, 2.24) is 9.21 Å². The SMILES string of the molecule is CCC1CCCCN1C(=O)C1CCN(S(=O)(=O)c2ccc3c(c2)CCCC3)CC1. The summed E-state index contributed by atoms with van der Waals surface area (Å²) in [6, 6.07) is 6.03. The number of hydrogen-bond donors (Lipinski definition) is 0. The Morgan fingerprint density at radius 3 is 2.41 bits per heavy atom. The van der Waals surface area contributed by atoms with Crippen LogP contribution in [0.2, 0.25) is 0 Å². The molecule has 1 atom stereocenters. The van der Waals surface area contributed by atoms with E-state index in [-0.39, 0.29) is 11.8 Å². The molecule has 0 N–H and O–H groups in total. The van der Waals surface area contributed by atoms with Crippen LogP contribution in [0.3, 0.4) is 0 Å². The molecule has 0 aromatic heterocycles. The van der Waals surface area contributed by atoms with Crippen LogP contribution in [0.1, 0.15) is 69.4 Å². The number of aryl methyl sites for hydroxylation is 2. The number of likely N-dealkylation sites (tertiary alicyclic amines) is 1. The number of rotatable bonds is 4. The monoisotopic (exact) mass is 418 g/mol. The van der Waals surface area contributed by atoms with Crippen molar-refractivity contribution in [3.05, 3.63) is 29.3 Å². The summed E-state index contributed by atoms with van der Waals surface area (Å²) in [4.78, 5) is 15.6. The highest BCUT2D eigenvalue weighted by molar-refractivity contribution is 7.89. The molecule has 1 aromatic carbocycles. The van der Waals surface area contributed by atoms with Gasteiger partial charge in [0.1, 0.15) is 0 Å². The minimum Gasteiger partial charge on any atom is -0.339 e. The third kappa shape index (κ3) is 4.24. The molecule has 6 heteroatoms. The first kappa shape index (κ1) is 20.9. The fourth-order valence-electron chi connectivity index (χ4n) is 5.31. The molecular weight excluding hydrogens is 384 g/mol. The van der Waals surface area contributed by atoms with Gasteiger partial charge in [-0.2, -0.15) is 4.31 Å². The molecule has 160 valence electrons. The van der Waals surface area contributed by atoms with Gasteiger partial charge in [-0.05, 0) is 87.5 Å². The fourth-order valence-corrected chi connectivity index (χ4v) is 6.83. The highest BCUT2D eigenvalue weighted by Gasteiger charge is 2.36. The number of hydrogen-bond acceptors (Lipinski definition) is 3. The molecule has 2 aliphatic heterocycles. The van der Waals surface area contributed by atoms with E-state index in [0.717, 1.165) is 45.1 Å². The fraction of sp³-hybridized carbons (Fsp3) is 0.696.